The summed E-state index contributed by atoms with van der Waals surface area (Å²) in [6, 6.07) is 18.0. The fourth-order valence-corrected chi connectivity index (χ4v) is 4.58. The van der Waals surface area contributed by atoms with Crippen LogP contribution < -0.4 is 0 Å². The molecule has 6 nitrogen and oxygen atoms in total. The molecule has 0 saturated carbocycles. The average molecular weight is 478 g/mol. The van der Waals surface area contributed by atoms with Crippen molar-refractivity contribution in [1.29, 1.82) is 0 Å². The van der Waals surface area contributed by atoms with Crippen molar-refractivity contribution in [1.82, 2.24) is 14.4 Å². The summed E-state index contributed by atoms with van der Waals surface area (Å²) in [6.07, 6.45) is 2.03. The predicted molar refractivity (Wildman–Crippen MR) is 133 cm³/mol. The zero-order valence-corrected chi connectivity index (χ0v) is 20.5. The van der Waals surface area contributed by atoms with Gasteiger partial charge in [-0.3, -0.25) is 9.59 Å². The molecule has 1 unspecified atom stereocenters. The van der Waals surface area contributed by atoms with E-state index in [1.54, 1.807) is 6.07 Å². The summed E-state index contributed by atoms with van der Waals surface area (Å²) >= 11 is 0. The molecule has 7 heteroatoms. The Kier molecular flexibility index (Phi) is 7.66. The van der Waals surface area contributed by atoms with Crippen LogP contribution in [0.15, 0.2) is 66.9 Å². The molecule has 1 aromatic heterocycles. The number of methoxy groups -OCH3 is 1. The Morgan fingerprint density at radius 3 is 2.49 bits per heavy atom. The van der Waals surface area contributed by atoms with Crippen molar-refractivity contribution in [2.75, 3.05) is 33.4 Å². The summed E-state index contributed by atoms with van der Waals surface area (Å²) < 4.78 is 21.7. The van der Waals surface area contributed by atoms with Crippen molar-refractivity contribution in [3.8, 4) is 0 Å². The molecular weight excluding hydrogens is 445 g/mol. The molecule has 2 aromatic carbocycles. The molecule has 1 aliphatic heterocycles. The summed E-state index contributed by atoms with van der Waals surface area (Å²) in [5.41, 5.74) is 3.24. The molecule has 2 heterocycles. The van der Waals surface area contributed by atoms with Crippen molar-refractivity contribution in [3.05, 3.63) is 95.1 Å². The Labute approximate surface area is 205 Å². The van der Waals surface area contributed by atoms with Gasteiger partial charge in [-0.15, -0.1) is 0 Å². The fourth-order valence-electron chi connectivity index (χ4n) is 4.58. The number of nitrogens with zero attached hydrogens (tertiary/aromatic N) is 3. The van der Waals surface area contributed by atoms with E-state index in [0.29, 0.717) is 19.0 Å². The maximum atomic E-state index is 14.3. The SMILES string of the molecule is COCCN(CC(=O)N1CCn2cccc2C1c1ccc(C(C)C)cc1)C(=O)c1ccccc1F. The van der Waals surface area contributed by atoms with Gasteiger partial charge in [-0.2, -0.15) is 0 Å². The highest BCUT2D eigenvalue weighted by atomic mass is 19.1. The van der Waals surface area contributed by atoms with Gasteiger partial charge in [0.25, 0.3) is 5.91 Å². The van der Waals surface area contributed by atoms with Crippen molar-refractivity contribution in [2.45, 2.75) is 32.4 Å². The third kappa shape index (κ3) is 5.30. The van der Waals surface area contributed by atoms with E-state index in [9.17, 15) is 14.0 Å². The molecule has 0 radical (unpaired) electrons. The first-order chi connectivity index (χ1) is 16.9. The van der Waals surface area contributed by atoms with Crippen LogP contribution in [0.2, 0.25) is 0 Å². The largest absolute Gasteiger partial charge is 0.383 e. The molecule has 0 N–H and O–H groups in total. The number of benzene rings is 2. The number of carbonyl (C=O) groups excluding carboxylic acids is 2. The topological polar surface area (TPSA) is 54.8 Å². The van der Waals surface area contributed by atoms with Gasteiger partial charge in [-0.25, -0.2) is 4.39 Å². The normalized spacial score (nSPS) is 15.2. The Hall–Kier alpha value is -3.45. The van der Waals surface area contributed by atoms with Gasteiger partial charge in [0.15, 0.2) is 0 Å². The zero-order chi connectivity index (χ0) is 24.9. The third-order valence-corrected chi connectivity index (χ3v) is 6.56. The smallest absolute Gasteiger partial charge is 0.257 e. The minimum atomic E-state index is -0.605. The maximum Gasteiger partial charge on any atom is 0.257 e. The molecule has 184 valence electrons. The standard InChI is InChI=1S/C28H32FN3O3/c1-20(2)21-10-12-22(13-11-21)27-25-9-6-14-30(25)15-16-32(27)26(33)19-31(17-18-35-3)28(34)23-7-4-5-8-24(23)29/h4-14,20,27H,15-19H2,1-3H3. The van der Waals surface area contributed by atoms with Crippen LogP contribution >= 0.6 is 0 Å². The Bertz CT molecular complexity index is 1170. The van der Waals surface area contributed by atoms with Crippen LogP contribution in [-0.4, -0.2) is 59.5 Å². The predicted octanol–water partition coefficient (Wildman–Crippen LogP) is 4.47. The highest BCUT2D eigenvalue weighted by Gasteiger charge is 2.33. The minimum absolute atomic E-state index is 0.0512. The average Bonchev–Trinajstić information content (AvgIpc) is 3.35. The van der Waals surface area contributed by atoms with E-state index in [0.717, 1.165) is 11.3 Å². The van der Waals surface area contributed by atoms with E-state index in [4.69, 9.17) is 4.74 Å². The lowest BCUT2D eigenvalue weighted by Crippen LogP contribution is -2.48. The fraction of sp³-hybridized carbons (Fsp3) is 0.357. The van der Waals surface area contributed by atoms with Crippen molar-refractivity contribution >= 4 is 11.8 Å². The van der Waals surface area contributed by atoms with Gasteiger partial charge in [-0.05, 0) is 41.3 Å². The monoisotopic (exact) mass is 477 g/mol. The van der Waals surface area contributed by atoms with Crippen molar-refractivity contribution in [2.24, 2.45) is 0 Å². The minimum Gasteiger partial charge on any atom is -0.383 e. The maximum absolute atomic E-state index is 14.3. The summed E-state index contributed by atoms with van der Waals surface area (Å²) in [7, 11) is 1.53. The number of hydrogen-bond acceptors (Lipinski definition) is 3. The summed E-state index contributed by atoms with van der Waals surface area (Å²) in [5, 5.41) is 0. The van der Waals surface area contributed by atoms with Crippen LogP contribution in [0.4, 0.5) is 4.39 Å². The lowest BCUT2D eigenvalue weighted by atomic mass is 9.95. The molecular formula is C28H32FN3O3. The number of hydrogen-bond donors (Lipinski definition) is 0. The second kappa shape index (κ2) is 10.9. The van der Waals surface area contributed by atoms with Crippen LogP contribution in [0.25, 0.3) is 0 Å². The number of amides is 2. The molecule has 0 fully saturated rings. The molecule has 0 aliphatic carbocycles. The number of halogens is 1. The molecule has 1 aliphatic rings. The van der Waals surface area contributed by atoms with Crippen molar-refractivity contribution in [3.63, 3.8) is 0 Å². The van der Waals surface area contributed by atoms with Gasteiger partial charge in [0.1, 0.15) is 12.4 Å². The third-order valence-electron chi connectivity index (χ3n) is 6.56. The summed E-state index contributed by atoms with van der Waals surface area (Å²) in [4.78, 5) is 30.0. The van der Waals surface area contributed by atoms with E-state index in [1.807, 2.05) is 23.2 Å². The lowest BCUT2D eigenvalue weighted by molar-refractivity contribution is -0.134. The molecule has 0 bridgehead atoms. The van der Waals surface area contributed by atoms with Crippen LogP contribution in [0.5, 0.6) is 0 Å². The quantitative estimate of drug-likeness (QED) is 0.481. The van der Waals surface area contributed by atoms with E-state index >= 15 is 0 Å². The molecule has 2 amide bonds. The highest BCUT2D eigenvalue weighted by Crippen LogP contribution is 2.33. The molecule has 0 saturated heterocycles. The van der Waals surface area contributed by atoms with E-state index in [1.165, 1.54) is 35.8 Å². The highest BCUT2D eigenvalue weighted by molar-refractivity contribution is 5.96. The summed E-state index contributed by atoms with van der Waals surface area (Å²) in [6.45, 7) is 5.77. The van der Waals surface area contributed by atoms with Crippen LogP contribution in [0, 0.1) is 5.82 Å². The number of ether oxygens (including phenoxy) is 1. The Balaban J connectivity index is 1.62. The zero-order valence-electron chi connectivity index (χ0n) is 20.5. The van der Waals surface area contributed by atoms with Crippen LogP contribution in [0.1, 0.15) is 53.0 Å². The molecule has 35 heavy (non-hydrogen) atoms. The van der Waals surface area contributed by atoms with Gasteiger partial charge in [0.2, 0.25) is 5.91 Å². The number of fused-ring (bicyclic) bond motifs is 1. The first-order valence-electron chi connectivity index (χ1n) is 12.0. The summed E-state index contributed by atoms with van der Waals surface area (Å²) in [5.74, 6) is -0.898. The second-order valence-corrected chi connectivity index (χ2v) is 9.14. The number of carbonyl (C=O) groups is 2. The number of aromatic nitrogens is 1. The van der Waals surface area contributed by atoms with Crippen LogP contribution in [0.3, 0.4) is 0 Å². The Morgan fingerprint density at radius 2 is 1.80 bits per heavy atom. The lowest BCUT2D eigenvalue weighted by Gasteiger charge is -2.38. The number of rotatable bonds is 8. The van der Waals surface area contributed by atoms with Crippen molar-refractivity contribution < 1.29 is 18.7 Å². The van der Waals surface area contributed by atoms with E-state index in [-0.39, 0.29) is 37.2 Å². The van der Waals surface area contributed by atoms with Gasteiger partial charge in [0.05, 0.1) is 18.2 Å². The van der Waals surface area contributed by atoms with Gasteiger partial charge in [0, 0.05) is 38.6 Å². The van der Waals surface area contributed by atoms with Gasteiger partial charge < -0.3 is 19.1 Å². The Morgan fingerprint density at radius 1 is 1.06 bits per heavy atom. The van der Waals surface area contributed by atoms with Gasteiger partial charge in [-0.1, -0.05) is 50.2 Å². The van der Waals surface area contributed by atoms with Gasteiger partial charge >= 0.3 is 0 Å². The first kappa shape index (κ1) is 24.7. The van der Waals surface area contributed by atoms with Crippen LogP contribution in [-0.2, 0) is 16.1 Å². The second-order valence-electron chi connectivity index (χ2n) is 9.14. The van der Waals surface area contributed by atoms with E-state index in [2.05, 4.69) is 42.7 Å². The molecule has 3 aromatic rings. The first-order valence-corrected chi connectivity index (χ1v) is 12.0. The molecule has 0 spiro atoms. The molecule has 1 atom stereocenters. The molecule has 4 rings (SSSR count). The van der Waals surface area contributed by atoms with E-state index < -0.39 is 11.7 Å².